The molecule has 0 spiro atoms. The highest BCUT2D eigenvalue weighted by atomic mass is 32.1. The molecule has 4 aliphatic rings. The fraction of sp³-hybridized carbons (Fsp3) is 0.419. The second kappa shape index (κ2) is 15.1. The predicted octanol–water partition coefficient (Wildman–Crippen LogP) is 8.55. The number of fused-ring (bicyclic) bond motifs is 6. The summed E-state index contributed by atoms with van der Waals surface area (Å²) in [5.74, 6) is -0.153. The van der Waals surface area contributed by atoms with Gasteiger partial charge in [0, 0.05) is 51.3 Å². The highest BCUT2D eigenvalue weighted by Gasteiger charge is 2.41. The van der Waals surface area contributed by atoms with E-state index in [1.54, 1.807) is 29.5 Å². The van der Waals surface area contributed by atoms with Crippen LogP contribution in [-0.4, -0.2) is 53.7 Å². The van der Waals surface area contributed by atoms with Gasteiger partial charge in [-0.2, -0.15) is 0 Å². The van der Waals surface area contributed by atoms with E-state index in [0.717, 1.165) is 77.1 Å². The third-order valence-electron chi connectivity index (χ3n) is 10.9. The van der Waals surface area contributed by atoms with Gasteiger partial charge in [0.15, 0.2) is 5.69 Å². The number of nitrogens with zero attached hydrogens (tertiary/aromatic N) is 1. The molecule has 3 saturated carbocycles. The maximum Gasteiger partial charge on any atom is 0.407 e. The molecule has 1 aliphatic heterocycles. The van der Waals surface area contributed by atoms with Crippen LogP contribution >= 0.6 is 11.3 Å². The highest BCUT2D eigenvalue weighted by Crippen LogP contribution is 2.45. The second-order valence-electron chi connectivity index (χ2n) is 16.0. The molecular formula is C43H48N4O7S. The summed E-state index contributed by atoms with van der Waals surface area (Å²) in [6, 6.07) is 12.7. The number of anilines is 1. The van der Waals surface area contributed by atoms with Gasteiger partial charge in [-0.05, 0) is 137 Å². The molecule has 0 saturated heterocycles. The van der Waals surface area contributed by atoms with Gasteiger partial charge in [-0.25, -0.2) is 14.6 Å². The van der Waals surface area contributed by atoms with E-state index in [0.29, 0.717) is 41.2 Å². The average Bonchev–Trinajstić information content (AvgIpc) is 3.55. The van der Waals surface area contributed by atoms with Crippen LogP contribution in [0.5, 0.6) is 5.75 Å². The van der Waals surface area contributed by atoms with Crippen LogP contribution in [0.25, 0.3) is 21.6 Å². The smallest absolute Gasteiger partial charge is 0.407 e. The number of aryl methyl sites for hydroxylation is 2. The quantitative estimate of drug-likeness (QED) is 0.152. The van der Waals surface area contributed by atoms with E-state index < -0.39 is 23.6 Å². The van der Waals surface area contributed by atoms with Gasteiger partial charge in [0.05, 0.1) is 13.7 Å². The van der Waals surface area contributed by atoms with Gasteiger partial charge in [0.2, 0.25) is 0 Å². The van der Waals surface area contributed by atoms with Crippen molar-refractivity contribution in [1.29, 1.82) is 0 Å². The zero-order chi connectivity index (χ0) is 39.1. The Labute approximate surface area is 325 Å². The van der Waals surface area contributed by atoms with E-state index in [-0.39, 0.29) is 29.4 Å². The predicted molar refractivity (Wildman–Crippen MR) is 212 cm³/mol. The Balaban J connectivity index is 1.25. The lowest BCUT2D eigenvalue weighted by atomic mass is 9.66. The molecule has 2 aromatic heterocycles. The van der Waals surface area contributed by atoms with Crippen molar-refractivity contribution in [3.63, 3.8) is 0 Å². The number of rotatable bonds is 8. The standard InChI is InChI=1S/C43H48N4O7S/c1-24-19-27(23-44-41(51)54-42(3,4)5)20-25(2)35(24)46-38(48)31-21-32-34(53-17-12-28-13-18-55-37(28)32)22-30(31)29-7-8-33(45-36(29)40(50)52-6)39(49)47-43-14-9-26(10-15-43)11-16-43/h7-8,13,18-22,26H,9-12,14-17,23H2,1-6H3,(H,44,51)(H,46,48)(H,47,49). The summed E-state index contributed by atoms with van der Waals surface area (Å²) in [6.07, 6.45) is 6.32. The van der Waals surface area contributed by atoms with E-state index >= 15 is 0 Å². The van der Waals surface area contributed by atoms with Crippen molar-refractivity contribution in [2.24, 2.45) is 5.92 Å². The molecule has 0 unspecified atom stereocenters. The molecule has 55 heavy (non-hydrogen) atoms. The summed E-state index contributed by atoms with van der Waals surface area (Å²) in [4.78, 5) is 59.6. The summed E-state index contributed by atoms with van der Waals surface area (Å²) in [6.45, 7) is 9.90. The molecule has 2 bridgehead atoms. The molecule has 0 atom stereocenters. The van der Waals surface area contributed by atoms with Crippen molar-refractivity contribution in [3.05, 3.63) is 87.0 Å². The van der Waals surface area contributed by atoms with E-state index in [2.05, 4.69) is 27.0 Å². The van der Waals surface area contributed by atoms with Gasteiger partial charge in [-0.1, -0.05) is 12.1 Å². The number of benzene rings is 2. The van der Waals surface area contributed by atoms with Gasteiger partial charge in [-0.3, -0.25) is 9.59 Å². The molecule has 3 N–H and O–H groups in total. The summed E-state index contributed by atoms with van der Waals surface area (Å²) in [5.41, 5.74) is 5.18. The van der Waals surface area contributed by atoms with Crippen molar-refractivity contribution < 1.29 is 33.4 Å². The van der Waals surface area contributed by atoms with Crippen molar-refractivity contribution in [2.45, 2.75) is 97.2 Å². The monoisotopic (exact) mass is 764 g/mol. The molecule has 8 rings (SSSR count). The molecule has 2 aromatic carbocycles. The fourth-order valence-electron chi connectivity index (χ4n) is 8.15. The van der Waals surface area contributed by atoms with E-state index in [1.165, 1.54) is 7.11 Å². The zero-order valence-electron chi connectivity index (χ0n) is 32.3. The minimum absolute atomic E-state index is 0.0753. The summed E-state index contributed by atoms with van der Waals surface area (Å²) in [7, 11) is 1.27. The molecule has 3 amide bonds. The maximum atomic E-state index is 14.6. The van der Waals surface area contributed by atoms with Crippen molar-refractivity contribution >= 4 is 40.9 Å². The minimum Gasteiger partial charge on any atom is -0.493 e. The number of carbonyl (C=O) groups excluding carboxylic acids is 4. The number of alkyl carbamates (subject to hydrolysis) is 1. The minimum atomic E-state index is -0.731. The molecule has 4 aromatic rings. The lowest BCUT2D eigenvalue weighted by Gasteiger charge is -2.46. The molecule has 12 heteroatoms. The van der Waals surface area contributed by atoms with Gasteiger partial charge in [0.25, 0.3) is 11.8 Å². The Kier molecular flexibility index (Phi) is 10.5. The Morgan fingerprint density at radius 3 is 2.31 bits per heavy atom. The number of carbonyl (C=O) groups is 4. The summed E-state index contributed by atoms with van der Waals surface area (Å²) >= 11 is 1.58. The van der Waals surface area contributed by atoms with Crippen LogP contribution in [0.1, 0.15) is 113 Å². The Bertz CT molecular complexity index is 2140. The van der Waals surface area contributed by atoms with Gasteiger partial charge < -0.3 is 30.2 Å². The van der Waals surface area contributed by atoms with Crippen LogP contribution in [0.2, 0.25) is 0 Å². The fourth-order valence-corrected chi connectivity index (χ4v) is 9.12. The number of hydrogen-bond acceptors (Lipinski definition) is 9. The third-order valence-corrected chi connectivity index (χ3v) is 11.9. The Hall–Kier alpha value is -5.23. The van der Waals surface area contributed by atoms with Crippen LogP contribution < -0.4 is 20.7 Å². The largest absolute Gasteiger partial charge is 0.493 e. The number of pyridine rings is 1. The lowest BCUT2D eigenvalue weighted by Crippen LogP contribution is -2.53. The van der Waals surface area contributed by atoms with Crippen LogP contribution in [0.4, 0.5) is 10.5 Å². The first kappa shape index (κ1) is 38.1. The maximum absolute atomic E-state index is 14.6. The van der Waals surface area contributed by atoms with Crippen LogP contribution in [0.3, 0.4) is 0 Å². The number of amides is 3. The van der Waals surface area contributed by atoms with E-state index in [9.17, 15) is 19.2 Å². The summed E-state index contributed by atoms with van der Waals surface area (Å²) in [5, 5.41) is 11.2. The molecule has 11 nitrogen and oxygen atoms in total. The van der Waals surface area contributed by atoms with Crippen molar-refractivity contribution in [2.75, 3.05) is 19.0 Å². The first-order chi connectivity index (χ1) is 26.2. The van der Waals surface area contributed by atoms with Crippen molar-refractivity contribution in [3.8, 4) is 27.3 Å². The number of esters is 1. The Morgan fingerprint density at radius 1 is 0.927 bits per heavy atom. The highest BCUT2D eigenvalue weighted by molar-refractivity contribution is 7.13. The number of nitrogens with one attached hydrogen (secondary N) is 3. The van der Waals surface area contributed by atoms with Crippen LogP contribution in [-0.2, 0) is 22.4 Å². The van der Waals surface area contributed by atoms with E-state index in [1.807, 2.05) is 58.2 Å². The molecule has 3 fully saturated rings. The SMILES string of the molecule is COC(=O)c1nc(C(=O)NC23CCC(CC2)CC3)ccc1-c1cc2c(cc1C(=O)Nc1c(C)cc(CNC(=O)OC(C)(C)C)cc1C)-c1sccc1CCO2. The number of aromatic nitrogens is 1. The number of ether oxygens (including phenoxy) is 3. The van der Waals surface area contributed by atoms with Gasteiger partial charge in [-0.15, -0.1) is 11.3 Å². The topological polar surface area (TPSA) is 145 Å². The number of thiophene rings is 1. The lowest BCUT2D eigenvalue weighted by molar-refractivity contribution is 0.0521. The Morgan fingerprint density at radius 2 is 1.64 bits per heavy atom. The van der Waals surface area contributed by atoms with Crippen LogP contribution in [0, 0.1) is 19.8 Å². The molecule has 3 heterocycles. The number of hydrogen-bond donors (Lipinski definition) is 3. The molecule has 288 valence electrons. The van der Waals surface area contributed by atoms with Crippen LogP contribution in [0.15, 0.2) is 47.8 Å². The first-order valence-corrected chi connectivity index (χ1v) is 19.8. The summed E-state index contributed by atoms with van der Waals surface area (Å²) < 4.78 is 16.8. The molecular weight excluding hydrogens is 717 g/mol. The third kappa shape index (κ3) is 8.10. The molecule has 0 radical (unpaired) electrons. The van der Waals surface area contributed by atoms with Gasteiger partial charge >= 0.3 is 12.1 Å². The molecule has 3 aliphatic carbocycles. The average molecular weight is 765 g/mol. The first-order valence-electron chi connectivity index (χ1n) is 18.9. The van der Waals surface area contributed by atoms with Crippen molar-refractivity contribution in [1.82, 2.24) is 15.6 Å². The normalized spacial score (nSPS) is 18.5. The second-order valence-corrected chi connectivity index (χ2v) is 16.9. The zero-order valence-corrected chi connectivity index (χ0v) is 33.1. The van der Waals surface area contributed by atoms with Gasteiger partial charge in [0.1, 0.15) is 17.0 Å². The number of methoxy groups -OCH3 is 1. The van der Waals surface area contributed by atoms with E-state index in [4.69, 9.17) is 14.2 Å².